The standard InChI is InChI=1S/C8H14O5/c1-2-4-6(10)8(12)7(11)5(3-9)13-4/h2,5-12H,3H2,1H3/b4-2-/t5-,6+,7-,8-/m1/s1. The Bertz CT molecular complexity index is 201. The summed E-state index contributed by atoms with van der Waals surface area (Å²) < 4.78 is 5.03. The van der Waals surface area contributed by atoms with E-state index in [1.165, 1.54) is 6.08 Å². The summed E-state index contributed by atoms with van der Waals surface area (Å²) in [6.07, 6.45) is -3.17. The van der Waals surface area contributed by atoms with Crippen molar-refractivity contribution in [1.29, 1.82) is 0 Å². The molecule has 0 aromatic rings. The SMILES string of the molecule is C/C=C1\O[C@H](CO)[C@@H](O)[C@H](O)[C@H]1O. The second kappa shape index (κ2) is 4.06. The smallest absolute Gasteiger partial charge is 0.150 e. The van der Waals surface area contributed by atoms with Crippen LogP contribution in [0.5, 0.6) is 0 Å². The monoisotopic (exact) mass is 190 g/mol. The van der Waals surface area contributed by atoms with Gasteiger partial charge in [-0.1, -0.05) is 0 Å². The third-order valence-electron chi connectivity index (χ3n) is 2.10. The van der Waals surface area contributed by atoms with E-state index in [0.29, 0.717) is 0 Å². The van der Waals surface area contributed by atoms with Crippen LogP contribution in [0, 0.1) is 0 Å². The first-order chi connectivity index (χ1) is 6.11. The van der Waals surface area contributed by atoms with Crippen LogP contribution in [-0.4, -0.2) is 51.4 Å². The molecule has 5 heteroatoms. The van der Waals surface area contributed by atoms with Crippen molar-refractivity contribution in [2.75, 3.05) is 6.61 Å². The number of hydrogen-bond donors (Lipinski definition) is 4. The Morgan fingerprint density at radius 1 is 1.31 bits per heavy atom. The van der Waals surface area contributed by atoms with E-state index in [0.717, 1.165) is 0 Å². The topological polar surface area (TPSA) is 90.2 Å². The largest absolute Gasteiger partial charge is 0.487 e. The van der Waals surface area contributed by atoms with Crippen LogP contribution >= 0.6 is 0 Å². The van der Waals surface area contributed by atoms with Crippen molar-refractivity contribution in [3.05, 3.63) is 11.8 Å². The lowest BCUT2D eigenvalue weighted by atomic mass is 9.98. The molecule has 0 spiro atoms. The zero-order valence-electron chi connectivity index (χ0n) is 7.29. The van der Waals surface area contributed by atoms with Crippen molar-refractivity contribution in [2.45, 2.75) is 31.3 Å². The molecule has 0 bridgehead atoms. The Morgan fingerprint density at radius 3 is 2.38 bits per heavy atom. The lowest BCUT2D eigenvalue weighted by Crippen LogP contribution is -2.52. The maximum atomic E-state index is 9.34. The molecule has 0 aromatic carbocycles. The Balaban J connectivity index is 2.78. The third-order valence-corrected chi connectivity index (χ3v) is 2.10. The molecule has 1 heterocycles. The first-order valence-electron chi connectivity index (χ1n) is 4.09. The lowest BCUT2D eigenvalue weighted by Gasteiger charge is -2.36. The normalized spacial score (nSPS) is 43.3. The predicted octanol–water partition coefficient (Wildman–Crippen LogP) is -1.64. The zero-order valence-corrected chi connectivity index (χ0v) is 7.29. The van der Waals surface area contributed by atoms with Gasteiger partial charge in [0.1, 0.15) is 30.2 Å². The second-order valence-corrected chi connectivity index (χ2v) is 2.96. The van der Waals surface area contributed by atoms with Gasteiger partial charge in [0.2, 0.25) is 0 Å². The molecule has 13 heavy (non-hydrogen) atoms. The molecule has 0 aromatic heterocycles. The van der Waals surface area contributed by atoms with E-state index in [1.807, 2.05) is 0 Å². The molecule has 1 fully saturated rings. The molecule has 1 rings (SSSR count). The van der Waals surface area contributed by atoms with Crippen LogP contribution in [0.1, 0.15) is 6.92 Å². The van der Waals surface area contributed by atoms with Crippen LogP contribution in [0.25, 0.3) is 0 Å². The summed E-state index contributed by atoms with van der Waals surface area (Å²) in [6.45, 7) is 1.24. The Kier molecular flexibility index (Phi) is 3.27. The minimum atomic E-state index is -1.31. The van der Waals surface area contributed by atoms with Gasteiger partial charge in [0, 0.05) is 0 Å². The van der Waals surface area contributed by atoms with Gasteiger partial charge >= 0.3 is 0 Å². The maximum absolute atomic E-state index is 9.34. The molecule has 0 saturated carbocycles. The third kappa shape index (κ3) is 1.83. The maximum Gasteiger partial charge on any atom is 0.150 e. The number of hydrogen-bond acceptors (Lipinski definition) is 5. The number of rotatable bonds is 1. The summed E-state index contributed by atoms with van der Waals surface area (Å²) >= 11 is 0. The molecule has 1 aliphatic rings. The Hall–Kier alpha value is -0.620. The fourth-order valence-electron chi connectivity index (χ4n) is 1.27. The van der Waals surface area contributed by atoms with Gasteiger partial charge in [-0.3, -0.25) is 0 Å². The van der Waals surface area contributed by atoms with Crippen LogP contribution in [0.4, 0.5) is 0 Å². The highest BCUT2D eigenvalue weighted by molar-refractivity contribution is 5.08. The molecule has 5 nitrogen and oxygen atoms in total. The fraction of sp³-hybridized carbons (Fsp3) is 0.750. The van der Waals surface area contributed by atoms with Crippen LogP contribution in [0.15, 0.2) is 11.8 Å². The van der Waals surface area contributed by atoms with E-state index in [2.05, 4.69) is 0 Å². The first kappa shape index (κ1) is 10.5. The Morgan fingerprint density at radius 2 is 1.92 bits per heavy atom. The van der Waals surface area contributed by atoms with E-state index < -0.39 is 31.0 Å². The van der Waals surface area contributed by atoms with Gasteiger partial charge in [-0.15, -0.1) is 0 Å². The van der Waals surface area contributed by atoms with Gasteiger partial charge < -0.3 is 25.2 Å². The van der Waals surface area contributed by atoms with Crippen LogP contribution in [0.3, 0.4) is 0 Å². The van der Waals surface area contributed by atoms with Gasteiger partial charge in [-0.25, -0.2) is 0 Å². The molecule has 0 radical (unpaired) electrons. The summed E-state index contributed by atoms with van der Waals surface area (Å²) in [6, 6.07) is 0. The fourth-order valence-corrected chi connectivity index (χ4v) is 1.27. The lowest BCUT2D eigenvalue weighted by molar-refractivity contribution is -0.164. The van der Waals surface area contributed by atoms with Crippen molar-refractivity contribution >= 4 is 0 Å². The van der Waals surface area contributed by atoms with Gasteiger partial charge in [-0.2, -0.15) is 0 Å². The molecule has 4 atom stereocenters. The minimum absolute atomic E-state index is 0.178. The average Bonchev–Trinajstić information content (AvgIpc) is 2.15. The molecule has 0 aliphatic carbocycles. The molecule has 1 aliphatic heterocycles. The highest BCUT2D eigenvalue weighted by Crippen LogP contribution is 2.23. The molecule has 4 N–H and O–H groups in total. The number of aliphatic hydroxyl groups is 4. The van der Waals surface area contributed by atoms with Gasteiger partial charge in [-0.05, 0) is 13.0 Å². The van der Waals surface area contributed by atoms with E-state index in [9.17, 15) is 15.3 Å². The number of allylic oxidation sites excluding steroid dienone is 1. The summed E-state index contributed by atoms with van der Waals surface area (Å²) in [5.41, 5.74) is 0. The number of ether oxygens (including phenoxy) is 1. The molecule has 1 saturated heterocycles. The van der Waals surface area contributed by atoms with E-state index in [4.69, 9.17) is 9.84 Å². The second-order valence-electron chi connectivity index (χ2n) is 2.96. The molecular weight excluding hydrogens is 176 g/mol. The van der Waals surface area contributed by atoms with Crippen molar-refractivity contribution in [3.63, 3.8) is 0 Å². The van der Waals surface area contributed by atoms with Gasteiger partial charge in [0.15, 0.2) is 0 Å². The molecular formula is C8H14O5. The van der Waals surface area contributed by atoms with Gasteiger partial charge in [0.25, 0.3) is 0 Å². The number of aliphatic hydroxyl groups excluding tert-OH is 4. The highest BCUT2D eigenvalue weighted by atomic mass is 16.5. The summed E-state index contributed by atoms with van der Waals surface area (Å²) in [5, 5.41) is 36.7. The summed E-state index contributed by atoms with van der Waals surface area (Å²) in [4.78, 5) is 0. The molecule has 76 valence electrons. The molecule has 0 amide bonds. The summed E-state index contributed by atoms with van der Waals surface area (Å²) in [5.74, 6) is 0.178. The zero-order chi connectivity index (χ0) is 10.0. The minimum Gasteiger partial charge on any atom is -0.487 e. The van der Waals surface area contributed by atoms with Crippen molar-refractivity contribution < 1.29 is 25.2 Å². The van der Waals surface area contributed by atoms with Crippen LogP contribution in [0.2, 0.25) is 0 Å². The van der Waals surface area contributed by atoms with Gasteiger partial charge in [0.05, 0.1) is 6.61 Å². The predicted molar refractivity (Wildman–Crippen MR) is 43.7 cm³/mol. The summed E-state index contributed by atoms with van der Waals surface area (Å²) in [7, 11) is 0. The van der Waals surface area contributed by atoms with Crippen molar-refractivity contribution in [1.82, 2.24) is 0 Å². The van der Waals surface area contributed by atoms with Crippen LogP contribution in [-0.2, 0) is 4.74 Å². The van der Waals surface area contributed by atoms with E-state index >= 15 is 0 Å². The van der Waals surface area contributed by atoms with Crippen LogP contribution < -0.4 is 0 Å². The van der Waals surface area contributed by atoms with Crippen molar-refractivity contribution in [2.24, 2.45) is 0 Å². The average molecular weight is 190 g/mol. The highest BCUT2D eigenvalue weighted by Gasteiger charge is 2.40. The Labute approximate surface area is 75.9 Å². The first-order valence-corrected chi connectivity index (χ1v) is 4.09. The van der Waals surface area contributed by atoms with Crippen molar-refractivity contribution in [3.8, 4) is 0 Å². The van der Waals surface area contributed by atoms with E-state index in [1.54, 1.807) is 6.92 Å². The molecule has 0 unspecified atom stereocenters. The van der Waals surface area contributed by atoms with E-state index in [-0.39, 0.29) is 5.76 Å². The quantitative estimate of drug-likeness (QED) is 0.398.